The second kappa shape index (κ2) is 5.41. The van der Waals surface area contributed by atoms with Gasteiger partial charge in [0.2, 0.25) is 6.29 Å². The Bertz CT molecular complexity index is 218. The fourth-order valence-corrected chi connectivity index (χ4v) is 0.635. The van der Waals surface area contributed by atoms with Gasteiger partial charge in [0.15, 0.2) is 0 Å². The Morgan fingerprint density at radius 3 is 2.15 bits per heavy atom. The van der Waals surface area contributed by atoms with Crippen LogP contribution in [0.15, 0.2) is 24.5 Å². The molecule has 0 spiro atoms. The first-order chi connectivity index (χ1) is 5.97. The number of rotatable bonds is 5. The molecular weight excluding hydrogens is 168 g/mol. The summed E-state index contributed by atoms with van der Waals surface area (Å²) in [4.78, 5) is 11.1. The molecule has 1 unspecified atom stereocenters. The van der Waals surface area contributed by atoms with Crippen molar-refractivity contribution in [2.45, 2.75) is 33.5 Å². The summed E-state index contributed by atoms with van der Waals surface area (Å²) in [5.74, 6) is 0.0921. The predicted octanol–water partition coefficient (Wildman–Crippen LogP) is 2.39. The van der Waals surface area contributed by atoms with Crippen LogP contribution < -0.4 is 0 Å². The number of ether oxygens (including phenoxy) is 2. The van der Waals surface area contributed by atoms with Gasteiger partial charge in [-0.1, -0.05) is 20.1 Å². The molecular formula is C10H16O3. The Hall–Kier alpha value is -1.25. The quantitative estimate of drug-likeness (QED) is 0.285. The third-order valence-corrected chi connectivity index (χ3v) is 1.25. The second-order valence-corrected chi connectivity index (χ2v) is 2.84. The molecule has 0 heterocycles. The van der Waals surface area contributed by atoms with E-state index in [0.717, 1.165) is 0 Å². The summed E-state index contributed by atoms with van der Waals surface area (Å²) in [6.45, 7) is 12.2. The zero-order valence-corrected chi connectivity index (χ0v) is 8.42. The fourth-order valence-electron chi connectivity index (χ4n) is 0.635. The molecule has 0 saturated heterocycles. The van der Waals surface area contributed by atoms with Gasteiger partial charge in [-0.25, -0.2) is 4.79 Å². The van der Waals surface area contributed by atoms with Crippen LogP contribution in [0, 0.1) is 0 Å². The first-order valence-electron chi connectivity index (χ1n) is 4.16. The van der Waals surface area contributed by atoms with Crippen LogP contribution in [-0.4, -0.2) is 12.3 Å². The number of carbonyl (C=O) groups excluding carboxylic acids is 1. The van der Waals surface area contributed by atoms with E-state index in [-0.39, 0.29) is 0 Å². The van der Waals surface area contributed by atoms with Gasteiger partial charge in [-0.2, -0.15) is 0 Å². The van der Waals surface area contributed by atoms with Gasteiger partial charge in [-0.3, -0.25) is 0 Å². The van der Waals surface area contributed by atoms with Crippen molar-refractivity contribution in [1.29, 1.82) is 0 Å². The van der Waals surface area contributed by atoms with Crippen LogP contribution in [0.4, 0.5) is 0 Å². The van der Waals surface area contributed by atoms with Crippen LogP contribution >= 0.6 is 0 Å². The maximum atomic E-state index is 11.1. The molecule has 0 aliphatic rings. The molecule has 0 fully saturated rings. The summed E-state index contributed by atoms with van der Waals surface area (Å²) < 4.78 is 10.1. The van der Waals surface area contributed by atoms with Gasteiger partial charge in [0.05, 0.1) is 5.76 Å². The van der Waals surface area contributed by atoms with E-state index in [9.17, 15) is 4.79 Å². The molecule has 0 aliphatic heterocycles. The molecule has 0 radical (unpaired) electrons. The van der Waals surface area contributed by atoms with E-state index in [1.54, 1.807) is 13.8 Å². The molecule has 13 heavy (non-hydrogen) atoms. The lowest BCUT2D eigenvalue weighted by Crippen LogP contribution is -2.20. The van der Waals surface area contributed by atoms with E-state index in [0.29, 0.717) is 17.8 Å². The number of esters is 1. The van der Waals surface area contributed by atoms with Crippen LogP contribution in [0.3, 0.4) is 0 Å². The molecule has 0 aromatic heterocycles. The molecule has 0 rings (SSSR count). The summed E-state index contributed by atoms with van der Waals surface area (Å²) >= 11 is 0. The van der Waals surface area contributed by atoms with E-state index < -0.39 is 12.3 Å². The first kappa shape index (κ1) is 11.8. The summed E-state index contributed by atoms with van der Waals surface area (Å²) in [6.07, 6.45) is 0.0352. The number of allylic oxidation sites excluding steroid dienone is 1. The van der Waals surface area contributed by atoms with Gasteiger partial charge in [0.1, 0.15) is 0 Å². The van der Waals surface area contributed by atoms with Crippen molar-refractivity contribution in [2.24, 2.45) is 0 Å². The molecule has 0 aromatic rings. The van der Waals surface area contributed by atoms with Crippen LogP contribution in [0.2, 0.25) is 0 Å². The van der Waals surface area contributed by atoms with Crippen LogP contribution in [0.1, 0.15) is 27.2 Å². The standard InChI is InChI=1S/C10H16O3/c1-6-9(12-8(4)5)13-10(11)7(2)3/h9H,2,4,6H2,1,3,5H3. The number of carbonyl (C=O) groups is 1. The normalized spacial score (nSPS) is 11.6. The Morgan fingerprint density at radius 2 is 1.85 bits per heavy atom. The maximum Gasteiger partial charge on any atom is 0.336 e. The lowest BCUT2D eigenvalue weighted by atomic mass is 10.3. The van der Waals surface area contributed by atoms with Crippen LogP contribution in [-0.2, 0) is 14.3 Å². The van der Waals surface area contributed by atoms with Crippen molar-refractivity contribution < 1.29 is 14.3 Å². The summed E-state index contributed by atoms with van der Waals surface area (Å²) in [7, 11) is 0. The molecule has 1 atom stereocenters. The highest BCUT2D eigenvalue weighted by molar-refractivity contribution is 5.86. The van der Waals surface area contributed by atoms with Crippen molar-refractivity contribution in [3.63, 3.8) is 0 Å². The molecule has 0 bridgehead atoms. The molecule has 0 N–H and O–H groups in total. The zero-order valence-electron chi connectivity index (χ0n) is 8.42. The molecule has 3 nitrogen and oxygen atoms in total. The fraction of sp³-hybridized carbons (Fsp3) is 0.500. The smallest absolute Gasteiger partial charge is 0.336 e. The third kappa shape index (κ3) is 5.06. The van der Waals surface area contributed by atoms with E-state index >= 15 is 0 Å². The summed E-state index contributed by atoms with van der Waals surface area (Å²) in [6, 6.07) is 0. The largest absolute Gasteiger partial charge is 0.460 e. The minimum atomic E-state index is -0.554. The van der Waals surface area contributed by atoms with Crippen molar-refractivity contribution in [3.8, 4) is 0 Å². The molecule has 0 aliphatic carbocycles. The minimum Gasteiger partial charge on any atom is -0.460 e. The van der Waals surface area contributed by atoms with E-state index in [4.69, 9.17) is 9.47 Å². The van der Waals surface area contributed by atoms with Gasteiger partial charge in [0.25, 0.3) is 0 Å². The van der Waals surface area contributed by atoms with Gasteiger partial charge >= 0.3 is 5.97 Å². The maximum absolute atomic E-state index is 11.1. The minimum absolute atomic E-state index is 0.365. The van der Waals surface area contributed by atoms with Crippen molar-refractivity contribution in [1.82, 2.24) is 0 Å². The predicted molar refractivity (Wildman–Crippen MR) is 50.9 cm³/mol. The highest BCUT2D eigenvalue weighted by Gasteiger charge is 2.13. The van der Waals surface area contributed by atoms with Crippen molar-refractivity contribution in [2.75, 3.05) is 0 Å². The van der Waals surface area contributed by atoms with E-state index in [2.05, 4.69) is 13.2 Å². The topological polar surface area (TPSA) is 35.5 Å². The Balaban J connectivity index is 4.05. The lowest BCUT2D eigenvalue weighted by Gasteiger charge is -2.17. The monoisotopic (exact) mass is 184 g/mol. The number of hydrogen-bond donors (Lipinski definition) is 0. The Labute approximate surface area is 79.0 Å². The first-order valence-corrected chi connectivity index (χ1v) is 4.16. The molecule has 3 heteroatoms. The van der Waals surface area contributed by atoms with Gasteiger partial charge in [0, 0.05) is 12.0 Å². The van der Waals surface area contributed by atoms with Crippen molar-refractivity contribution >= 4 is 5.97 Å². The lowest BCUT2D eigenvalue weighted by molar-refractivity contribution is -0.166. The average molecular weight is 184 g/mol. The van der Waals surface area contributed by atoms with Crippen LogP contribution in [0.5, 0.6) is 0 Å². The molecule has 0 amide bonds. The summed E-state index contributed by atoms with van der Waals surface area (Å²) in [5.41, 5.74) is 0.365. The number of hydrogen-bond acceptors (Lipinski definition) is 3. The highest BCUT2D eigenvalue weighted by atomic mass is 16.7. The second-order valence-electron chi connectivity index (χ2n) is 2.84. The summed E-state index contributed by atoms with van der Waals surface area (Å²) in [5, 5.41) is 0. The molecule has 0 saturated carbocycles. The molecule has 0 aromatic carbocycles. The van der Waals surface area contributed by atoms with Crippen molar-refractivity contribution in [3.05, 3.63) is 24.5 Å². The SMILES string of the molecule is C=C(C)OC(CC)OC(=O)C(=C)C. The third-order valence-electron chi connectivity index (χ3n) is 1.25. The van der Waals surface area contributed by atoms with Gasteiger partial charge in [-0.15, -0.1) is 0 Å². The zero-order chi connectivity index (χ0) is 10.4. The van der Waals surface area contributed by atoms with Crippen LogP contribution in [0.25, 0.3) is 0 Å². The van der Waals surface area contributed by atoms with E-state index in [1.165, 1.54) is 0 Å². The van der Waals surface area contributed by atoms with E-state index in [1.807, 2.05) is 6.92 Å². The van der Waals surface area contributed by atoms with Gasteiger partial charge < -0.3 is 9.47 Å². The Kier molecular flexibility index (Phi) is 4.89. The molecule has 74 valence electrons. The average Bonchev–Trinajstić information content (AvgIpc) is 2.02. The Morgan fingerprint density at radius 1 is 1.31 bits per heavy atom. The highest BCUT2D eigenvalue weighted by Crippen LogP contribution is 2.07. The van der Waals surface area contributed by atoms with Gasteiger partial charge in [-0.05, 0) is 13.8 Å².